The van der Waals surface area contributed by atoms with Crippen molar-refractivity contribution < 1.29 is 50.7 Å². The fraction of sp³-hybridized carbons (Fsp3) is 0.355. The number of rotatable bonds is 4. The molecule has 0 aromatic heterocycles. The summed E-state index contributed by atoms with van der Waals surface area (Å²) in [4.78, 5) is 28.1. The van der Waals surface area contributed by atoms with Crippen LogP contribution in [0.25, 0.3) is 10.8 Å². The van der Waals surface area contributed by atoms with E-state index in [4.69, 9.17) is 4.65 Å². The first-order chi connectivity index (χ1) is 20.7. The molecule has 2 N–H and O–H groups in total. The molecule has 0 spiro atoms. The minimum Gasteiger partial charge on any atom is -0.507 e. The van der Waals surface area contributed by atoms with E-state index >= 15 is 0 Å². The number of allylic oxidation sites excluding steroid dienone is 2. The maximum absolute atomic E-state index is 14.0. The summed E-state index contributed by atoms with van der Waals surface area (Å²) in [5, 5.41) is 22.8. The lowest BCUT2D eigenvalue weighted by Gasteiger charge is -2.42. The smallest absolute Gasteiger partial charge is 0.487 e. The molecule has 2 saturated heterocycles. The molecule has 2 amide bonds. The van der Waals surface area contributed by atoms with Gasteiger partial charge in [-0.2, -0.15) is 26.3 Å². The highest BCUT2D eigenvalue weighted by Gasteiger charge is 2.58. The van der Waals surface area contributed by atoms with E-state index in [9.17, 15) is 46.1 Å². The van der Waals surface area contributed by atoms with Crippen LogP contribution in [0.1, 0.15) is 55.4 Å². The molecule has 1 aliphatic carbocycles. The number of carbonyl (C=O) groups is 2. The Morgan fingerprint density at radius 3 is 2.16 bits per heavy atom. The monoisotopic (exact) mass is 617 g/mol. The Morgan fingerprint density at radius 1 is 0.909 bits per heavy atom. The second-order valence-corrected chi connectivity index (χ2v) is 11.5. The van der Waals surface area contributed by atoms with Crippen LogP contribution in [-0.4, -0.2) is 29.1 Å². The molecular formula is C31H26BF6NO5. The Hall–Kier alpha value is -3.84. The Bertz CT molecular complexity index is 1670. The summed E-state index contributed by atoms with van der Waals surface area (Å²) in [6, 6.07) is 10.8. The zero-order valence-electron chi connectivity index (χ0n) is 23.2. The van der Waals surface area contributed by atoms with Crippen LogP contribution in [0.15, 0.2) is 65.6 Å². The van der Waals surface area contributed by atoms with Gasteiger partial charge < -0.3 is 14.8 Å². The van der Waals surface area contributed by atoms with Gasteiger partial charge in [0.25, 0.3) is 0 Å². The summed E-state index contributed by atoms with van der Waals surface area (Å²) < 4.78 is 87.9. The van der Waals surface area contributed by atoms with Crippen molar-refractivity contribution in [1.82, 2.24) is 0 Å². The largest absolute Gasteiger partial charge is 0.507 e. The van der Waals surface area contributed by atoms with Crippen LogP contribution in [0.5, 0.6) is 5.75 Å². The zero-order valence-corrected chi connectivity index (χ0v) is 23.2. The number of aromatic hydroxyl groups is 1. The van der Waals surface area contributed by atoms with Crippen molar-refractivity contribution in [2.75, 3.05) is 4.90 Å². The quantitative estimate of drug-likeness (QED) is 0.187. The molecule has 230 valence electrons. The first-order valence-electron chi connectivity index (χ1n) is 14.1. The van der Waals surface area contributed by atoms with E-state index in [1.54, 1.807) is 30.3 Å². The third kappa shape index (κ3) is 4.95. The van der Waals surface area contributed by atoms with Crippen molar-refractivity contribution in [2.24, 2.45) is 17.8 Å². The number of amides is 2. The van der Waals surface area contributed by atoms with Gasteiger partial charge in [0.05, 0.1) is 34.8 Å². The van der Waals surface area contributed by atoms with Crippen LogP contribution in [0.2, 0.25) is 0 Å². The fourth-order valence-electron chi connectivity index (χ4n) is 7.06. The molecule has 2 heterocycles. The van der Waals surface area contributed by atoms with Crippen LogP contribution in [-0.2, 0) is 26.6 Å². The van der Waals surface area contributed by atoms with E-state index in [0.717, 1.165) is 0 Å². The van der Waals surface area contributed by atoms with E-state index < -0.39 is 72.0 Å². The Balaban J connectivity index is 1.44. The number of benzene rings is 3. The lowest BCUT2D eigenvalue weighted by atomic mass is 9.54. The molecule has 0 radical (unpaired) electrons. The van der Waals surface area contributed by atoms with Crippen molar-refractivity contribution in [1.29, 1.82) is 0 Å². The normalized spacial score (nSPS) is 24.3. The predicted molar refractivity (Wildman–Crippen MR) is 148 cm³/mol. The number of hydrogen-bond acceptors (Lipinski definition) is 5. The van der Waals surface area contributed by atoms with Crippen molar-refractivity contribution in [2.45, 2.75) is 51.1 Å². The molecule has 6 nitrogen and oxygen atoms in total. The van der Waals surface area contributed by atoms with Crippen LogP contribution in [0.4, 0.5) is 32.0 Å². The third-order valence-electron chi connectivity index (χ3n) is 8.88. The summed E-state index contributed by atoms with van der Waals surface area (Å²) in [6.07, 6.45) is -9.93. The molecule has 3 aliphatic rings. The highest BCUT2D eigenvalue weighted by molar-refractivity contribution is 6.53. The molecule has 0 saturated carbocycles. The average Bonchev–Trinajstić information content (AvgIpc) is 3.21. The number of halogens is 6. The van der Waals surface area contributed by atoms with Crippen LogP contribution < -0.4 is 4.90 Å². The van der Waals surface area contributed by atoms with Crippen molar-refractivity contribution in [3.05, 3.63) is 82.3 Å². The highest BCUT2D eigenvalue weighted by Crippen LogP contribution is 2.54. The average molecular weight is 617 g/mol. The number of hydrogen-bond donors (Lipinski definition) is 2. The maximum Gasteiger partial charge on any atom is 0.487 e. The summed E-state index contributed by atoms with van der Waals surface area (Å²) >= 11 is 0. The van der Waals surface area contributed by atoms with Gasteiger partial charge >= 0.3 is 19.5 Å². The Labute approximate surface area is 248 Å². The molecule has 2 fully saturated rings. The minimum absolute atomic E-state index is 0.0176. The van der Waals surface area contributed by atoms with Crippen LogP contribution in [0, 0.1) is 17.8 Å². The van der Waals surface area contributed by atoms with Gasteiger partial charge in [-0.3, -0.25) is 9.59 Å². The van der Waals surface area contributed by atoms with Gasteiger partial charge in [0.15, 0.2) is 0 Å². The van der Waals surface area contributed by atoms with Gasteiger partial charge in [-0.05, 0) is 65.9 Å². The lowest BCUT2D eigenvalue weighted by molar-refractivity contribution is -0.143. The second-order valence-electron chi connectivity index (χ2n) is 11.5. The van der Waals surface area contributed by atoms with E-state index in [1.165, 1.54) is 6.07 Å². The molecule has 6 rings (SSSR count). The van der Waals surface area contributed by atoms with Gasteiger partial charge in [-0.15, -0.1) is 0 Å². The van der Waals surface area contributed by atoms with Crippen LogP contribution in [0.3, 0.4) is 0 Å². The molecule has 13 heteroatoms. The number of nitrogens with zero attached hydrogens (tertiary/aromatic N) is 1. The second kappa shape index (κ2) is 10.7. The Kier molecular flexibility index (Phi) is 7.31. The number of imide groups is 1. The molecule has 0 unspecified atom stereocenters. The van der Waals surface area contributed by atoms with Crippen molar-refractivity contribution in [3.63, 3.8) is 0 Å². The van der Waals surface area contributed by atoms with Gasteiger partial charge in [-0.25, -0.2) is 4.90 Å². The predicted octanol–water partition coefficient (Wildman–Crippen LogP) is 6.99. The lowest BCUT2D eigenvalue weighted by Crippen LogP contribution is -2.45. The van der Waals surface area contributed by atoms with E-state index in [1.807, 2.05) is 6.92 Å². The van der Waals surface area contributed by atoms with Gasteiger partial charge in [0, 0.05) is 5.39 Å². The number of carbonyl (C=O) groups excluding carboxylic acids is 2. The van der Waals surface area contributed by atoms with Crippen molar-refractivity contribution in [3.8, 4) is 5.75 Å². The van der Waals surface area contributed by atoms with E-state index in [-0.39, 0.29) is 24.7 Å². The molecule has 3 aromatic rings. The van der Waals surface area contributed by atoms with Gasteiger partial charge in [-0.1, -0.05) is 49.2 Å². The van der Waals surface area contributed by atoms with E-state index in [2.05, 4.69) is 0 Å². The third-order valence-corrected chi connectivity index (χ3v) is 8.88. The van der Waals surface area contributed by atoms with Crippen molar-refractivity contribution >= 4 is 35.4 Å². The minimum atomic E-state index is -5.16. The maximum atomic E-state index is 14.0. The number of phenols is 1. The number of fused-ring (bicyclic) bond motifs is 4. The fourth-order valence-corrected chi connectivity index (χ4v) is 7.06. The molecule has 3 aromatic carbocycles. The summed E-state index contributed by atoms with van der Waals surface area (Å²) in [5.74, 6) is -4.72. The first kappa shape index (κ1) is 30.2. The van der Waals surface area contributed by atoms with Gasteiger partial charge in [0.2, 0.25) is 11.8 Å². The SMILES string of the molecule is CCCC1=C2B(O)O[C@H](c3ccc(O)c4ccccc34)C[C@H]2[C@H]2C(=O)N(c3cc(C(F)(F)F)cc(C(F)(F)F)c3)C(=O)[C@H]2C1. The molecule has 44 heavy (non-hydrogen) atoms. The molecule has 2 aliphatic heterocycles. The number of anilines is 1. The zero-order chi connectivity index (χ0) is 31.7. The van der Waals surface area contributed by atoms with Gasteiger partial charge in [0.1, 0.15) is 5.75 Å². The summed E-state index contributed by atoms with van der Waals surface area (Å²) in [7, 11) is -1.46. The Morgan fingerprint density at radius 2 is 1.55 bits per heavy atom. The number of phenolic OH excluding ortho intramolecular Hbond substituents is 1. The topological polar surface area (TPSA) is 87.1 Å². The van der Waals surface area contributed by atoms with Crippen LogP contribution >= 0.6 is 0 Å². The highest BCUT2D eigenvalue weighted by atomic mass is 19.4. The number of alkyl halides is 6. The first-order valence-corrected chi connectivity index (χ1v) is 14.1. The standard InChI is InChI=1S/C31H26BF6NO5/c1-2-5-15-10-23-26(29(42)39(28(23)41)18-12-16(30(33,34)35)11-17(13-18)31(36,37)38)22-14-25(44-32(43)27(15)22)21-8-9-24(40)20-7-4-3-6-19(20)21/h3-4,6-9,11-13,22-23,25-26,40,43H,2,5,10,14H2,1H3/t22-,23-,25-,26+/m0/s1. The molecule has 4 atom stereocenters. The molecular weight excluding hydrogens is 591 g/mol. The summed E-state index contributed by atoms with van der Waals surface area (Å²) in [5.41, 5.74) is -2.35. The van der Waals surface area contributed by atoms with E-state index in [0.29, 0.717) is 57.3 Å². The molecule has 0 bridgehead atoms. The summed E-state index contributed by atoms with van der Waals surface area (Å²) in [6.45, 7) is 1.88.